The summed E-state index contributed by atoms with van der Waals surface area (Å²) < 4.78 is 17.4. The van der Waals surface area contributed by atoms with Gasteiger partial charge >= 0.3 is 18.2 Å². The molecule has 10 nitrogen and oxygen atoms in total. The summed E-state index contributed by atoms with van der Waals surface area (Å²) in [6, 6.07) is 15.2. The highest BCUT2D eigenvalue weighted by Gasteiger charge is 2.59. The number of benzene rings is 2. The van der Waals surface area contributed by atoms with Gasteiger partial charge in [-0.15, -0.1) is 0 Å². The van der Waals surface area contributed by atoms with Crippen molar-refractivity contribution < 1.29 is 33.4 Å². The van der Waals surface area contributed by atoms with Crippen LogP contribution >= 0.6 is 0 Å². The highest BCUT2D eigenvalue weighted by atomic mass is 16.6. The Kier molecular flexibility index (Phi) is 16.4. The largest absolute Gasteiger partial charge is 0.460 e. The van der Waals surface area contributed by atoms with Crippen LogP contribution in [-0.4, -0.2) is 71.9 Å². The van der Waals surface area contributed by atoms with E-state index >= 15 is 0 Å². The fraction of sp³-hybridized carbons (Fsp3) is 0.695. The number of alkyl carbamates (subject to hydrolysis) is 1. The lowest BCUT2D eigenvalue weighted by atomic mass is 9.46. The molecule has 9 atom stereocenters. The van der Waals surface area contributed by atoms with Gasteiger partial charge in [-0.1, -0.05) is 114 Å². The minimum atomic E-state index is -1.04. The average molecular weight is 950 g/mol. The molecule has 0 heterocycles. The third kappa shape index (κ3) is 12.2. The van der Waals surface area contributed by atoms with Crippen LogP contribution in [0.5, 0.6) is 0 Å². The summed E-state index contributed by atoms with van der Waals surface area (Å²) >= 11 is 0. The first-order valence-electron chi connectivity index (χ1n) is 26.9. The molecule has 10 heteroatoms. The first-order chi connectivity index (χ1) is 32.6. The predicted molar refractivity (Wildman–Crippen MR) is 274 cm³/mol. The molecule has 0 saturated heterocycles. The summed E-state index contributed by atoms with van der Waals surface area (Å²) in [7, 11) is 0. The van der Waals surface area contributed by atoms with E-state index in [9.17, 15) is 19.2 Å². The summed E-state index contributed by atoms with van der Waals surface area (Å²) in [5.41, 5.74) is 5.17. The van der Waals surface area contributed by atoms with Crippen molar-refractivity contribution in [3.63, 3.8) is 0 Å². The quantitative estimate of drug-likeness (QED) is 0.0700. The van der Waals surface area contributed by atoms with E-state index in [2.05, 4.69) is 75.6 Å². The Balaban J connectivity index is 0.974. The third-order valence-corrected chi connectivity index (χ3v) is 17.2. The molecule has 4 unspecified atom stereocenters. The van der Waals surface area contributed by atoms with Gasteiger partial charge in [0.1, 0.15) is 23.9 Å². The normalized spacial score (nSPS) is 27.1. The van der Waals surface area contributed by atoms with Crippen LogP contribution in [0.4, 0.5) is 9.59 Å². The van der Waals surface area contributed by atoms with E-state index < -0.39 is 35.2 Å². The molecule has 5 aliphatic carbocycles. The monoisotopic (exact) mass is 950 g/mol. The number of hydrogen-bond donors (Lipinski definition) is 2. The summed E-state index contributed by atoms with van der Waals surface area (Å²) in [4.78, 5) is 56.1. The molecule has 0 aliphatic heterocycles. The summed E-state index contributed by atoms with van der Waals surface area (Å²) in [6.45, 7) is 24.3. The van der Waals surface area contributed by atoms with E-state index in [1.165, 1.54) is 50.5 Å². The Hall–Kier alpha value is -4.34. The lowest BCUT2D eigenvalue weighted by Crippen LogP contribution is -2.53. The van der Waals surface area contributed by atoms with Crippen LogP contribution in [0.1, 0.15) is 183 Å². The van der Waals surface area contributed by atoms with E-state index in [1.807, 2.05) is 49.9 Å². The zero-order valence-electron chi connectivity index (χ0n) is 44.2. The van der Waals surface area contributed by atoms with E-state index in [4.69, 9.17) is 14.2 Å². The number of nitrogens with one attached hydrogen (secondary N) is 2. The first kappa shape index (κ1) is 52.5. The molecular formula is C59H87N3O7. The number of esters is 1. The lowest BCUT2D eigenvalue weighted by molar-refractivity contribution is -0.155. The molecule has 0 radical (unpaired) electrons. The number of fused-ring (bicyclic) bond motifs is 8. The molecule has 380 valence electrons. The van der Waals surface area contributed by atoms with Gasteiger partial charge in [0.15, 0.2) is 0 Å². The number of rotatable bonds is 17. The second kappa shape index (κ2) is 21.6. The molecule has 2 N–H and O–H groups in total. The Labute approximate surface area is 415 Å². The molecule has 5 aliphatic rings. The topological polar surface area (TPSA) is 123 Å². The molecule has 0 spiro atoms. The van der Waals surface area contributed by atoms with Crippen LogP contribution in [0.25, 0.3) is 11.1 Å². The second-order valence-electron chi connectivity index (χ2n) is 24.7. The van der Waals surface area contributed by atoms with Crippen LogP contribution in [0, 0.1) is 46.3 Å². The van der Waals surface area contributed by atoms with Gasteiger partial charge in [-0.25, -0.2) is 9.59 Å². The van der Waals surface area contributed by atoms with Gasteiger partial charge in [0.2, 0.25) is 5.91 Å². The van der Waals surface area contributed by atoms with Gasteiger partial charge in [-0.3, -0.25) is 9.59 Å². The maximum atomic E-state index is 14.1. The first-order valence-corrected chi connectivity index (χ1v) is 26.9. The Bertz CT molecular complexity index is 2120. The van der Waals surface area contributed by atoms with Crippen molar-refractivity contribution in [2.75, 3.05) is 19.7 Å². The second-order valence-corrected chi connectivity index (χ2v) is 24.7. The van der Waals surface area contributed by atoms with E-state index in [0.717, 1.165) is 77.5 Å². The molecule has 2 aromatic carbocycles. The van der Waals surface area contributed by atoms with Crippen molar-refractivity contribution in [1.29, 1.82) is 0 Å². The molecule has 3 saturated carbocycles. The van der Waals surface area contributed by atoms with Gasteiger partial charge in [-0.05, 0) is 174 Å². The van der Waals surface area contributed by atoms with Crippen molar-refractivity contribution >= 4 is 24.1 Å². The number of carbonyl (C=O) groups excluding carboxylic acids is 4. The zero-order valence-corrected chi connectivity index (χ0v) is 44.2. The van der Waals surface area contributed by atoms with Gasteiger partial charge in [-0.2, -0.15) is 0 Å². The van der Waals surface area contributed by atoms with Gasteiger partial charge in [0.25, 0.3) is 0 Å². The minimum absolute atomic E-state index is 0.000329. The number of carbonyl (C=O) groups is 4. The van der Waals surface area contributed by atoms with Crippen molar-refractivity contribution in [2.24, 2.45) is 46.3 Å². The van der Waals surface area contributed by atoms with Gasteiger partial charge in [0, 0.05) is 31.5 Å². The standard InChI is InChI=1S/C59H87N3O7/c1-38(2)18-16-19-39(3)48-26-27-49-46-25-24-40-36-41(30-32-58(40,10)50(46)31-33-59(48,49)11)62(55(66)69-57(7,8)9)35-17-34-60-53(64)51(28-29-52(63)68-56(4,5)6)61-54(65)67-37-47-44-22-14-12-20-42(44)43-21-13-15-23-45(43)47/h12-15,20-24,38-39,41,46-51H,16-19,25-37H2,1-11H3,(H,60,64)(H,61,65)/t39-,41+,46-,48?,49+,50?,51-,58?,59?/m1/s1. The van der Waals surface area contributed by atoms with Gasteiger partial charge in [0.05, 0.1) is 0 Å². The fourth-order valence-corrected chi connectivity index (χ4v) is 14.0. The predicted octanol–water partition coefficient (Wildman–Crippen LogP) is 13.2. The molecule has 0 bridgehead atoms. The third-order valence-electron chi connectivity index (χ3n) is 17.2. The van der Waals surface area contributed by atoms with E-state index in [0.29, 0.717) is 24.3 Å². The number of amides is 3. The molecule has 0 aromatic heterocycles. The van der Waals surface area contributed by atoms with E-state index in [1.54, 1.807) is 20.8 Å². The minimum Gasteiger partial charge on any atom is -0.460 e. The van der Waals surface area contributed by atoms with Crippen LogP contribution in [0.3, 0.4) is 0 Å². The smallest absolute Gasteiger partial charge is 0.410 e. The number of nitrogens with zero attached hydrogens (tertiary/aromatic N) is 1. The zero-order chi connectivity index (χ0) is 49.9. The van der Waals surface area contributed by atoms with Gasteiger partial charge < -0.3 is 29.7 Å². The Morgan fingerprint density at radius 2 is 1.45 bits per heavy atom. The fourth-order valence-electron chi connectivity index (χ4n) is 14.0. The molecule has 2 aromatic rings. The van der Waals surface area contributed by atoms with Crippen molar-refractivity contribution in [1.82, 2.24) is 15.5 Å². The number of allylic oxidation sites excluding steroid dienone is 1. The number of hydrogen-bond acceptors (Lipinski definition) is 7. The molecule has 7 rings (SSSR count). The summed E-state index contributed by atoms with van der Waals surface area (Å²) in [6.07, 6.45) is 15.4. The van der Waals surface area contributed by atoms with Crippen molar-refractivity contribution in [3.05, 3.63) is 71.3 Å². The maximum absolute atomic E-state index is 14.1. The molecule has 3 fully saturated rings. The maximum Gasteiger partial charge on any atom is 0.410 e. The van der Waals surface area contributed by atoms with Crippen molar-refractivity contribution in [2.45, 2.75) is 195 Å². The highest BCUT2D eigenvalue weighted by molar-refractivity contribution is 5.86. The van der Waals surface area contributed by atoms with Crippen LogP contribution in [0.15, 0.2) is 60.2 Å². The van der Waals surface area contributed by atoms with Crippen LogP contribution in [-0.2, 0) is 23.8 Å². The SMILES string of the molecule is CC(C)CCC[C@@H](C)C1CC[C@H]2[C@H]3CC=C4C[C@@H](N(CCCNC(=O)[C@@H](CCC(=O)OC(C)(C)C)NC(=O)OCC5c6ccccc6-c6ccccc65)C(=O)OC(C)(C)C)CCC4(C)C3CCC12C. The number of ether oxygens (including phenoxy) is 3. The Morgan fingerprint density at radius 3 is 2.10 bits per heavy atom. The van der Waals surface area contributed by atoms with E-state index in [-0.39, 0.29) is 49.5 Å². The summed E-state index contributed by atoms with van der Waals surface area (Å²) in [5, 5.41) is 5.77. The summed E-state index contributed by atoms with van der Waals surface area (Å²) in [5.74, 6) is 3.58. The lowest BCUT2D eigenvalue weighted by Gasteiger charge is -2.59. The molecule has 3 amide bonds. The van der Waals surface area contributed by atoms with Crippen LogP contribution < -0.4 is 10.6 Å². The van der Waals surface area contributed by atoms with Crippen LogP contribution in [0.2, 0.25) is 0 Å². The van der Waals surface area contributed by atoms with Crippen molar-refractivity contribution in [3.8, 4) is 11.1 Å². The molecule has 69 heavy (non-hydrogen) atoms. The molecular weight excluding hydrogens is 863 g/mol. The highest BCUT2D eigenvalue weighted by Crippen LogP contribution is 2.67. The Morgan fingerprint density at radius 1 is 0.783 bits per heavy atom. The average Bonchev–Trinajstić information content (AvgIpc) is 3.80.